The van der Waals surface area contributed by atoms with Crippen molar-refractivity contribution in [3.63, 3.8) is 0 Å². The summed E-state index contributed by atoms with van der Waals surface area (Å²) in [5, 5.41) is 10.1. The number of pyridine rings is 1. The lowest BCUT2D eigenvalue weighted by Gasteiger charge is -2.34. The van der Waals surface area contributed by atoms with Crippen molar-refractivity contribution in [3.8, 4) is 0 Å². The first-order chi connectivity index (χ1) is 8.47. The van der Waals surface area contributed by atoms with E-state index in [0.717, 1.165) is 0 Å². The van der Waals surface area contributed by atoms with Gasteiger partial charge in [0.15, 0.2) is 0 Å². The molecule has 98 valence electrons. The van der Waals surface area contributed by atoms with E-state index in [1.807, 2.05) is 6.92 Å². The number of nitrogens with zero attached hydrogens (tertiary/aromatic N) is 2. The van der Waals surface area contributed by atoms with Crippen LogP contribution in [0.1, 0.15) is 23.7 Å². The summed E-state index contributed by atoms with van der Waals surface area (Å²) >= 11 is 11.6. The lowest BCUT2D eigenvalue weighted by Crippen LogP contribution is -2.44. The first-order valence-corrected chi connectivity index (χ1v) is 6.53. The first kappa shape index (κ1) is 13.6. The van der Waals surface area contributed by atoms with Crippen LogP contribution >= 0.6 is 23.2 Å². The van der Waals surface area contributed by atoms with Crippen molar-refractivity contribution in [1.29, 1.82) is 0 Å². The molecular weight excluding hydrogens is 275 g/mol. The SMILES string of the molecule is CC1CN(C(=O)c2cc(Cl)nc(Cl)c2)CCC1O. The van der Waals surface area contributed by atoms with Crippen LogP contribution in [0.5, 0.6) is 0 Å². The molecule has 1 aliphatic heterocycles. The van der Waals surface area contributed by atoms with Gasteiger partial charge in [0.05, 0.1) is 6.10 Å². The van der Waals surface area contributed by atoms with E-state index in [4.69, 9.17) is 23.2 Å². The Balaban J connectivity index is 2.16. The van der Waals surface area contributed by atoms with Crippen molar-refractivity contribution in [1.82, 2.24) is 9.88 Å². The average Bonchev–Trinajstić information content (AvgIpc) is 2.30. The zero-order valence-electron chi connectivity index (χ0n) is 9.94. The summed E-state index contributed by atoms with van der Waals surface area (Å²) in [7, 11) is 0. The van der Waals surface area contributed by atoms with Gasteiger partial charge in [0.2, 0.25) is 0 Å². The topological polar surface area (TPSA) is 53.4 Å². The molecule has 2 rings (SSSR count). The van der Waals surface area contributed by atoms with Gasteiger partial charge >= 0.3 is 0 Å². The molecule has 1 aliphatic rings. The van der Waals surface area contributed by atoms with Gasteiger partial charge in [-0.3, -0.25) is 4.79 Å². The quantitative estimate of drug-likeness (QED) is 0.807. The van der Waals surface area contributed by atoms with Crippen LogP contribution in [-0.2, 0) is 0 Å². The fourth-order valence-corrected chi connectivity index (χ4v) is 2.55. The molecule has 1 fully saturated rings. The maximum Gasteiger partial charge on any atom is 0.254 e. The van der Waals surface area contributed by atoms with Crippen LogP contribution in [0.4, 0.5) is 0 Å². The minimum absolute atomic E-state index is 0.0791. The van der Waals surface area contributed by atoms with E-state index in [1.54, 1.807) is 4.90 Å². The van der Waals surface area contributed by atoms with Gasteiger partial charge in [-0.25, -0.2) is 4.98 Å². The highest BCUT2D eigenvalue weighted by Crippen LogP contribution is 2.21. The summed E-state index contributed by atoms with van der Waals surface area (Å²) in [4.78, 5) is 17.8. The third-order valence-electron chi connectivity index (χ3n) is 3.16. The second-order valence-corrected chi connectivity index (χ2v) is 5.36. The number of carbonyl (C=O) groups is 1. The summed E-state index contributed by atoms with van der Waals surface area (Å²) < 4.78 is 0. The fraction of sp³-hybridized carbons (Fsp3) is 0.500. The molecule has 1 amide bonds. The highest BCUT2D eigenvalue weighted by molar-refractivity contribution is 6.33. The molecule has 1 saturated heterocycles. The Kier molecular flexibility index (Phi) is 4.10. The number of piperidine rings is 1. The number of carbonyl (C=O) groups excluding carboxylic acids is 1. The van der Waals surface area contributed by atoms with E-state index in [-0.39, 0.29) is 28.2 Å². The summed E-state index contributed by atoms with van der Waals surface area (Å²) in [5.41, 5.74) is 0.434. The second kappa shape index (κ2) is 5.43. The molecule has 1 aromatic heterocycles. The minimum Gasteiger partial charge on any atom is -0.393 e. The van der Waals surface area contributed by atoms with Gasteiger partial charge in [0, 0.05) is 18.7 Å². The number of aromatic nitrogens is 1. The standard InChI is InChI=1S/C12H14Cl2N2O2/c1-7-6-16(3-2-9(7)17)12(18)8-4-10(13)15-11(14)5-8/h4-5,7,9,17H,2-3,6H2,1H3. The molecule has 6 heteroatoms. The Bertz CT molecular complexity index is 447. The molecule has 0 saturated carbocycles. The third kappa shape index (κ3) is 2.94. The molecule has 0 radical (unpaired) electrons. The fourth-order valence-electron chi connectivity index (χ4n) is 2.09. The number of aliphatic hydroxyl groups is 1. The van der Waals surface area contributed by atoms with E-state index in [9.17, 15) is 9.90 Å². The molecule has 0 bridgehead atoms. The second-order valence-electron chi connectivity index (χ2n) is 4.59. The van der Waals surface area contributed by atoms with Crippen LogP contribution in [0, 0.1) is 5.92 Å². The van der Waals surface area contributed by atoms with Gasteiger partial charge in [-0.2, -0.15) is 0 Å². The van der Waals surface area contributed by atoms with Gasteiger partial charge < -0.3 is 10.0 Å². The van der Waals surface area contributed by atoms with Crippen molar-refractivity contribution >= 4 is 29.1 Å². The number of amides is 1. The minimum atomic E-state index is -0.335. The summed E-state index contributed by atoms with van der Waals surface area (Å²) in [6.07, 6.45) is 0.262. The lowest BCUT2D eigenvalue weighted by molar-refractivity contribution is 0.0297. The van der Waals surface area contributed by atoms with Crippen molar-refractivity contribution in [3.05, 3.63) is 28.0 Å². The Morgan fingerprint density at radius 2 is 2.06 bits per heavy atom. The van der Waals surface area contributed by atoms with Gasteiger partial charge in [-0.05, 0) is 24.5 Å². The van der Waals surface area contributed by atoms with E-state index in [0.29, 0.717) is 25.1 Å². The molecule has 2 unspecified atom stereocenters. The Labute approximate surface area is 116 Å². The largest absolute Gasteiger partial charge is 0.393 e. The molecule has 0 spiro atoms. The van der Waals surface area contributed by atoms with Crippen LogP contribution in [0.25, 0.3) is 0 Å². The van der Waals surface area contributed by atoms with Gasteiger partial charge in [-0.15, -0.1) is 0 Å². The maximum absolute atomic E-state index is 12.3. The van der Waals surface area contributed by atoms with Crippen LogP contribution < -0.4 is 0 Å². The van der Waals surface area contributed by atoms with Gasteiger partial charge in [0.1, 0.15) is 10.3 Å². The van der Waals surface area contributed by atoms with Crippen molar-refractivity contribution < 1.29 is 9.90 Å². The summed E-state index contributed by atoms with van der Waals surface area (Å²) in [6, 6.07) is 3.01. The van der Waals surface area contributed by atoms with E-state index in [1.165, 1.54) is 12.1 Å². The third-order valence-corrected chi connectivity index (χ3v) is 3.54. The molecule has 2 atom stereocenters. The Morgan fingerprint density at radius 1 is 1.44 bits per heavy atom. The zero-order valence-corrected chi connectivity index (χ0v) is 11.4. The number of hydrogen-bond acceptors (Lipinski definition) is 3. The highest BCUT2D eigenvalue weighted by atomic mass is 35.5. The normalized spacial score (nSPS) is 24.1. The number of likely N-dealkylation sites (tertiary alicyclic amines) is 1. The number of halogens is 2. The summed E-state index contributed by atoms with van der Waals surface area (Å²) in [6.45, 7) is 3.01. The Hall–Kier alpha value is -0.840. The first-order valence-electron chi connectivity index (χ1n) is 5.78. The lowest BCUT2D eigenvalue weighted by atomic mass is 9.96. The molecule has 0 aromatic carbocycles. The van der Waals surface area contributed by atoms with Crippen molar-refractivity contribution in [2.24, 2.45) is 5.92 Å². The predicted molar refractivity (Wildman–Crippen MR) is 69.9 cm³/mol. The van der Waals surface area contributed by atoms with E-state index in [2.05, 4.69) is 4.98 Å². The average molecular weight is 289 g/mol. The number of aliphatic hydroxyl groups excluding tert-OH is 1. The highest BCUT2D eigenvalue weighted by Gasteiger charge is 2.28. The van der Waals surface area contributed by atoms with Crippen LogP contribution in [0.3, 0.4) is 0 Å². The Morgan fingerprint density at radius 3 is 2.61 bits per heavy atom. The maximum atomic E-state index is 12.3. The molecule has 2 heterocycles. The van der Waals surface area contributed by atoms with Gasteiger partial charge in [-0.1, -0.05) is 30.1 Å². The number of hydrogen-bond donors (Lipinski definition) is 1. The summed E-state index contributed by atoms with van der Waals surface area (Å²) in [5.74, 6) is -0.0459. The van der Waals surface area contributed by atoms with Crippen LogP contribution in [0.2, 0.25) is 10.3 Å². The molecule has 0 aliphatic carbocycles. The van der Waals surface area contributed by atoms with Gasteiger partial charge in [0.25, 0.3) is 5.91 Å². The molecular formula is C12H14Cl2N2O2. The monoisotopic (exact) mass is 288 g/mol. The number of rotatable bonds is 1. The molecule has 1 aromatic rings. The van der Waals surface area contributed by atoms with Crippen LogP contribution in [0.15, 0.2) is 12.1 Å². The van der Waals surface area contributed by atoms with E-state index < -0.39 is 0 Å². The zero-order chi connectivity index (χ0) is 13.3. The molecule has 1 N–H and O–H groups in total. The van der Waals surface area contributed by atoms with Crippen molar-refractivity contribution in [2.45, 2.75) is 19.4 Å². The van der Waals surface area contributed by atoms with E-state index >= 15 is 0 Å². The molecule has 4 nitrogen and oxygen atoms in total. The van der Waals surface area contributed by atoms with Crippen LogP contribution in [-0.4, -0.2) is 40.1 Å². The smallest absolute Gasteiger partial charge is 0.254 e. The predicted octanol–water partition coefficient (Wildman–Crippen LogP) is 2.23. The van der Waals surface area contributed by atoms with Crippen molar-refractivity contribution in [2.75, 3.05) is 13.1 Å². The molecule has 18 heavy (non-hydrogen) atoms.